The second-order valence-electron chi connectivity index (χ2n) is 4.15. The minimum atomic E-state index is -0.469. The Labute approximate surface area is 97.2 Å². The minimum absolute atomic E-state index is 0.362. The third-order valence-corrected chi connectivity index (χ3v) is 3.24. The van der Waals surface area contributed by atoms with Crippen LogP contribution in [0.15, 0.2) is 23.8 Å². The van der Waals surface area contributed by atoms with Crippen LogP contribution in [0.25, 0.3) is 11.3 Å². The summed E-state index contributed by atoms with van der Waals surface area (Å²) in [6.07, 6.45) is 2.76. The molecule has 0 atom stereocenters. The minimum Gasteiger partial charge on any atom is -0.320 e. The number of pyridine rings is 1. The summed E-state index contributed by atoms with van der Waals surface area (Å²) in [7, 11) is 0. The summed E-state index contributed by atoms with van der Waals surface area (Å²) in [4.78, 5) is 8.17. The predicted octanol–water partition coefficient (Wildman–Crippen LogP) is 2.54. The Hall–Kier alpha value is -1.33. The van der Waals surface area contributed by atoms with Crippen LogP contribution in [0.2, 0.25) is 0 Å². The molecular formula is C11H12FN3S. The first kappa shape index (κ1) is 11.2. The second-order valence-corrected chi connectivity index (χ2v) is 5.01. The summed E-state index contributed by atoms with van der Waals surface area (Å²) in [5.41, 5.74) is 6.85. The van der Waals surface area contributed by atoms with E-state index in [2.05, 4.69) is 9.97 Å². The van der Waals surface area contributed by atoms with Gasteiger partial charge in [0.15, 0.2) is 0 Å². The lowest BCUT2D eigenvalue weighted by Gasteiger charge is -2.13. The maximum absolute atomic E-state index is 13.0. The van der Waals surface area contributed by atoms with Crippen LogP contribution in [-0.4, -0.2) is 9.97 Å². The van der Waals surface area contributed by atoms with E-state index in [-0.39, 0.29) is 5.82 Å². The van der Waals surface area contributed by atoms with Crippen molar-refractivity contribution < 1.29 is 4.39 Å². The molecule has 0 amide bonds. The Morgan fingerprint density at radius 3 is 2.69 bits per heavy atom. The van der Waals surface area contributed by atoms with E-state index in [1.807, 2.05) is 19.2 Å². The van der Waals surface area contributed by atoms with Gasteiger partial charge < -0.3 is 5.73 Å². The lowest BCUT2D eigenvalue weighted by Crippen LogP contribution is -2.28. The first-order valence-electron chi connectivity index (χ1n) is 4.82. The maximum Gasteiger partial charge on any atom is 0.142 e. The highest BCUT2D eigenvalue weighted by atomic mass is 32.1. The molecule has 16 heavy (non-hydrogen) atoms. The summed E-state index contributed by atoms with van der Waals surface area (Å²) in [5.74, 6) is -0.362. The number of nitrogens with two attached hydrogens (primary N) is 1. The van der Waals surface area contributed by atoms with Crippen LogP contribution in [0, 0.1) is 5.82 Å². The van der Waals surface area contributed by atoms with Crippen molar-refractivity contribution in [3.05, 3.63) is 34.7 Å². The van der Waals surface area contributed by atoms with Crippen LogP contribution in [0.3, 0.4) is 0 Å². The Morgan fingerprint density at radius 1 is 1.38 bits per heavy atom. The van der Waals surface area contributed by atoms with Crippen LogP contribution in [0.4, 0.5) is 4.39 Å². The van der Waals surface area contributed by atoms with Gasteiger partial charge in [0.1, 0.15) is 10.8 Å². The third-order valence-electron chi connectivity index (χ3n) is 2.06. The molecule has 2 rings (SSSR count). The van der Waals surface area contributed by atoms with Crippen LogP contribution < -0.4 is 5.73 Å². The van der Waals surface area contributed by atoms with Gasteiger partial charge in [-0.05, 0) is 19.9 Å². The molecule has 0 spiro atoms. The molecule has 5 heteroatoms. The monoisotopic (exact) mass is 237 g/mol. The van der Waals surface area contributed by atoms with Crippen LogP contribution in [0.1, 0.15) is 18.9 Å². The molecule has 0 radical (unpaired) electrons. The first-order valence-corrected chi connectivity index (χ1v) is 5.70. The van der Waals surface area contributed by atoms with Crippen molar-refractivity contribution in [2.24, 2.45) is 5.73 Å². The highest BCUT2D eigenvalue weighted by Gasteiger charge is 2.18. The quantitative estimate of drug-likeness (QED) is 0.873. The summed E-state index contributed by atoms with van der Waals surface area (Å²) in [5, 5.41) is 2.69. The fourth-order valence-corrected chi connectivity index (χ4v) is 2.12. The van der Waals surface area contributed by atoms with Crippen molar-refractivity contribution in [3.63, 3.8) is 0 Å². The van der Waals surface area contributed by atoms with Crippen LogP contribution in [-0.2, 0) is 5.54 Å². The second kappa shape index (κ2) is 3.92. The summed E-state index contributed by atoms with van der Waals surface area (Å²) >= 11 is 1.47. The zero-order valence-electron chi connectivity index (χ0n) is 9.07. The Morgan fingerprint density at radius 2 is 2.12 bits per heavy atom. The average Bonchev–Trinajstić information content (AvgIpc) is 2.65. The molecular weight excluding hydrogens is 225 g/mol. The van der Waals surface area contributed by atoms with Crippen LogP contribution in [0.5, 0.6) is 0 Å². The largest absolute Gasteiger partial charge is 0.320 e. The van der Waals surface area contributed by atoms with E-state index in [1.165, 1.54) is 23.6 Å². The summed E-state index contributed by atoms with van der Waals surface area (Å²) in [6, 6.07) is 1.41. The standard InChI is InChI=1S/C11H12FN3S/c1-11(2,13)10-15-9(6-16-10)7-3-8(12)5-14-4-7/h3-6H,13H2,1-2H3. The lowest BCUT2D eigenvalue weighted by molar-refractivity contribution is 0.551. The van der Waals surface area contributed by atoms with Crippen molar-refractivity contribution in [1.82, 2.24) is 9.97 Å². The van der Waals surface area contributed by atoms with E-state index >= 15 is 0 Å². The Kier molecular flexibility index (Phi) is 2.73. The maximum atomic E-state index is 13.0. The molecule has 0 bridgehead atoms. The molecule has 0 saturated carbocycles. The van der Waals surface area contributed by atoms with Gasteiger partial charge >= 0.3 is 0 Å². The molecule has 2 aromatic rings. The van der Waals surface area contributed by atoms with Gasteiger partial charge in [-0.15, -0.1) is 11.3 Å². The van der Waals surface area contributed by atoms with Gasteiger partial charge in [-0.3, -0.25) is 4.98 Å². The molecule has 2 heterocycles. The molecule has 3 nitrogen and oxygen atoms in total. The van der Waals surface area contributed by atoms with Crippen LogP contribution >= 0.6 is 11.3 Å². The number of rotatable bonds is 2. The normalized spacial score (nSPS) is 11.8. The topological polar surface area (TPSA) is 51.8 Å². The van der Waals surface area contributed by atoms with Crippen molar-refractivity contribution >= 4 is 11.3 Å². The number of hydrogen-bond acceptors (Lipinski definition) is 4. The smallest absolute Gasteiger partial charge is 0.142 e. The van der Waals surface area contributed by atoms with Crippen molar-refractivity contribution in [1.29, 1.82) is 0 Å². The fraction of sp³-hybridized carbons (Fsp3) is 0.273. The SMILES string of the molecule is CC(C)(N)c1nc(-c2cncc(F)c2)cs1. The van der Waals surface area contributed by atoms with E-state index in [9.17, 15) is 4.39 Å². The van der Waals surface area contributed by atoms with Gasteiger partial charge in [0.25, 0.3) is 0 Å². The van der Waals surface area contributed by atoms with E-state index in [0.29, 0.717) is 11.3 Å². The number of aromatic nitrogens is 2. The molecule has 2 aromatic heterocycles. The molecule has 0 aliphatic rings. The number of halogens is 1. The van der Waals surface area contributed by atoms with Gasteiger partial charge in [0.05, 0.1) is 17.4 Å². The Balaban J connectivity index is 2.39. The lowest BCUT2D eigenvalue weighted by atomic mass is 10.1. The third kappa shape index (κ3) is 2.25. The highest BCUT2D eigenvalue weighted by Crippen LogP contribution is 2.26. The zero-order chi connectivity index (χ0) is 11.8. The summed E-state index contributed by atoms with van der Waals surface area (Å²) in [6.45, 7) is 3.78. The van der Waals surface area contributed by atoms with E-state index in [1.54, 1.807) is 6.20 Å². The van der Waals surface area contributed by atoms with Gasteiger partial charge in [-0.2, -0.15) is 0 Å². The number of hydrogen-bond donors (Lipinski definition) is 1. The molecule has 0 aromatic carbocycles. The first-order chi connectivity index (χ1) is 7.47. The number of thiazole rings is 1. The fourth-order valence-electron chi connectivity index (χ4n) is 1.25. The van der Waals surface area contributed by atoms with Gasteiger partial charge in [0.2, 0.25) is 0 Å². The number of nitrogens with zero attached hydrogens (tertiary/aromatic N) is 2. The summed E-state index contributed by atoms with van der Waals surface area (Å²) < 4.78 is 13.0. The molecule has 0 saturated heterocycles. The molecule has 0 aliphatic heterocycles. The van der Waals surface area contributed by atoms with Gasteiger partial charge in [-0.25, -0.2) is 9.37 Å². The molecule has 2 N–H and O–H groups in total. The van der Waals surface area contributed by atoms with E-state index < -0.39 is 5.54 Å². The molecule has 0 aliphatic carbocycles. The molecule has 0 unspecified atom stereocenters. The average molecular weight is 237 g/mol. The van der Waals surface area contributed by atoms with Crippen molar-refractivity contribution in [2.45, 2.75) is 19.4 Å². The van der Waals surface area contributed by atoms with Crippen molar-refractivity contribution in [2.75, 3.05) is 0 Å². The highest BCUT2D eigenvalue weighted by molar-refractivity contribution is 7.10. The molecule has 84 valence electrons. The Bertz CT molecular complexity index is 502. The zero-order valence-corrected chi connectivity index (χ0v) is 9.88. The molecule has 0 fully saturated rings. The van der Waals surface area contributed by atoms with Gasteiger partial charge in [0, 0.05) is 17.1 Å². The van der Waals surface area contributed by atoms with Crippen molar-refractivity contribution in [3.8, 4) is 11.3 Å². The van der Waals surface area contributed by atoms with E-state index in [0.717, 1.165) is 5.01 Å². The van der Waals surface area contributed by atoms with Gasteiger partial charge in [-0.1, -0.05) is 0 Å². The predicted molar refractivity (Wildman–Crippen MR) is 62.5 cm³/mol. The van der Waals surface area contributed by atoms with E-state index in [4.69, 9.17) is 5.73 Å².